The summed E-state index contributed by atoms with van der Waals surface area (Å²) in [6.45, 7) is 0.274. The number of aromatic nitrogens is 1. The number of carboxylic acids is 1. The van der Waals surface area contributed by atoms with Gasteiger partial charge in [-0.1, -0.05) is 11.6 Å². The van der Waals surface area contributed by atoms with Gasteiger partial charge in [0.25, 0.3) is 5.91 Å². The number of nitrogens with zero attached hydrogens (tertiary/aromatic N) is 1. The Morgan fingerprint density at radius 3 is 2.76 bits per heavy atom. The van der Waals surface area contributed by atoms with Crippen LogP contribution in [0.2, 0.25) is 5.02 Å². The van der Waals surface area contributed by atoms with Crippen LogP contribution in [0.25, 0.3) is 10.9 Å². The number of rotatable bonds is 4. The van der Waals surface area contributed by atoms with Crippen molar-refractivity contribution in [3.63, 3.8) is 0 Å². The topological polar surface area (TPSA) is 88.5 Å². The number of hydrogen-bond donors (Lipinski definition) is 2. The van der Waals surface area contributed by atoms with Gasteiger partial charge in [-0.05, 0) is 37.1 Å². The van der Waals surface area contributed by atoms with Crippen LogP contribution in [0.5, 0.6) is 0 Å². The zero-order valence-corrected chi connectivity index (χ0v) is 14.2. The van der Waals surface area contributed by atoms with Gasteiger partial charge in [-0.25, -0.2) is 4.79 Å². The predicted molar refractivity (Wildman–Crippen MR) is 92.0 cm³/mol. The van der Waals surface area contributed by atoms with Gasteiger partial charge in [0, 0.05) is 35.0 Å². The van der Waals surface area contributed by atoms with Crippen molar-refractivity contribution in [1.29, 1.82) is 0 Å². The Balaban J connectivity index is 1.77. The van der Waals surface area contributed by atoms with Crippen molar-refractivity contribution in [2.45, 2.75) is 30.7 Å². The second-order valence-electron chi connectivity index (χ2n) is 6.67. The minimum Gasteiger partial charge on any atom is -0.479 e. The van der Waals surface area contributed by atoms with E-state index in [9.17, 15) is 14.7 Å². The summed E-state index contributed by atoms with van der Waals surface area (Å²) in [5.41, 5.74) is 0.574. The molecule has 0 spiro atoms. The number of amides is 1. The van der Waals surface area contributed by atoms with Crippen molar-refractivity contribution >= 4 is 34.4 Å². The molecule has 1 aliphatic carbocycles. The van der Waals surface area contributed by atoms with E-state index >= 15 is 0 Å². The Kier molecular flexibility index (Phi) is 3.89. The molecule has 25 heavy (non-hydrogen) atoms. The van der Waals surface area contributed by atoms with Crippen molar-refractivity contribution in [3.05, 3.63) is 40.5 Å². The molecule has 1 saturated carbocycles. The van der Waals surface area contributed by atoms with Crippen LogP contribution < -0.4 is 5.32 Å². The van der Waals surface area contributed by atoms with E-state index in [1.807, 2.05) is 0 Å². The lowest BCUT2D eigenvalue weighted by molar-refractivity contribution is -0.144. The number of carboxylic acid groups (broad SMARTS) is 1. The average Bonchev–Trinajstić information content (AvgIpc) is 3.33. The first-order valence-electron chi connectivity index (χ1n) is 8.22. The first kappa shape index (κ1) is 16.3. The summed E-state index contributed by atoms with van der Waals surface area (Å²) in [7, 11) is 0. The van der Waals surface area contributed by atoms with Gasteiger partial charge in [-0.2, -0.15) is 0 Å². The number of benzene rings is 1. The minimum atomic E-state index is -1.38. The molecule has 0 bridgehead atoms. The van der Waals surface area contributed by atoms with E-state index in [1.54, 1.807) is 24.3 Å². The molecular formula is C18H17ClN2O4. The molecule has 2 aromatic rings. The third-order valence-corrected chi connectivity index (χ3v) is 5.05. The quantitative estimate of drug-likeness (QED) is 0.875. The maximum absolute atomic E-state index is 12.9. The summed E-state index contributed by atoms with van der Waals surface area (Å²) in [4.78, 5) is 29.2. The summed E-state index contributed by atoms with van der Waals surface area (Å²) in [6.07, 6.45) is 2.35. The third-order valence-electron chi connectivity index (χ3n) is 4.81. The predicted octanol–water partition coefficient (Wildman–Crippen LogP) is 2.74. The normalized spacial score (nSPS) is 22.9. The first-order chi connectivity index (χ1) is 12.0. The molecular weight excluding hydrogens is 344 g/mol. The highest BCUT2D eigenvalue weighted by Gasteiger charge is 2.44. The van der Waals surface area contributed by atoms with Crippen LogP contribution in [0.4, 0.5) is 0 Å². The minimum absolute atomic E-state index is 0.0344. The van der Waals surface area contributed by atoms with Crippen molar-refractivity contribution < 1.29 is 19.4 Å². The zero-order valence-electron chi connectivity index (χ0n) is 13.4. The molecule has 130 valence electrons. The Morgan fingerprint density at radius 2 is 2.12 bits per heavy atom. The number of carbonyl (C=O) groups is 2. The molecule has 1 atom stereocenters. The van der Waals surface area contributed by atoms with Gasteiger partial charge in [0.2, 0.25) is 0 Å². The van der Waals surface area contributed by atoms with Crippen molar-refractivity contribution in [1.82, 2.24) is 10.3 Å². The van der Waals surface area contributed by atoms with Gasteiger partial charge in [-0.3, -0.25) is 9.78 Å². The number of fused-ring (bicyclic) bond motifs is 1. The number of nitrogens with one attached hydrogen (secondary N) is 1. The summed E-state index contributed by atoms with van der Waals surface area (Å²) in [6, 6.07) is 6.97. The van der Waals surface area contributed by atoms with Crippen LogP contribution in [-0.4, -0.2) is 40.7 Å². The maximum Gasteiger partial charge on any atom is 0.331 e. The second kappa shape index (κ2) is 5.97. The summed E-state index contributed by atoms with van der Waals surface area (Å²) in [5, 5.41) is 13.3. The fourth-order valence-electron chi connectivity index (χ4n) is 3.16. The molecule has 2 heterocycles. The zero-order chi connectivity index (χ0) is 17.6. The maximum atomic E-state index is 12.9. The fraction of sp³-hybridized carbons (Fsp3) is 0.389. The second-order valence-corrected chi connectivity index (χ2v) is 7.11. The standard InChI is InChI=1S/C18H17ClN2O4/c19-11-3-4-14-12(7-11)13(8-15(20-14)10-1-2-10)16(22)21-18(17(23)24)5-6-25-9-18/h3-4,7-8,10H,1-2,5-6,9H2,(H,21,22)(H,23,24). The number of ether oxygens (including phenoxy) is 1. The first-order valence-corrected chi connectivity index (χ1v) is 8.60. The molecule has 1 aliphatic heterocycles. The van der Waals surface area contributed by atoms with Gasteiger partial charge >= 0.3 is 5.97 Å². The molecule has 2 N–H and O–H groups in total. The molecule has 1 aromatic carbocycles. The van der Waals surface area contributed by atoms with Gasteiger partial charge in [-0.15, -0.1) is 0 Å². The van der Waals surface area contributed by atoms with Crippen molar-refractivity contribution in [2.24, 2.45) is 0 Å². The highest BCUT2D eigenvalue weighted by molar-refractivity contribution is 6.31. The lowest BCUT2D eigenvalue weighted by Crippen LogP contribution is -2.55. The molecule has 7 heteroatoms. The van der Waals surface area contributed by atoms with E-state index in [-0.39, 0.29) is 13.0 Å². The third kappa shape index (κ3) is 2.96. The van der Waals surface area contributed by atoms with Gasteiger partial charge in [0.05, 0.1) is 17.7 Å². The van der Waals surface area contributed by atoms with Crippen LogP contribution in [0, 0.1) is 0 Å². The lowest BCUT2D eigenvalue weighted by Gasteiger charge is -2.24. The highest BCUT2D eigenvalue weighted by Crippen LogP contribution is 2.40. The fourth-order valence-corrected chi connectivity index (χ4v) is 3.34. The summed E-state index contributed by atoms with van der Waals surface area (Å²) >= 11 is 6.08. The SMILES string of the molecule is O=C(NC1(C(=O)O)CCOC1)c1cc(C2CC2)nc2ccc(Cl)cc12. The average molecular weight is 361 g/mol. The molecule has 1 unspecified atom stereocenters. The van der Waals surface area contributed by atoms with Crippen molar-refractivity contribution in [3.8, 4) is 0 Å². The van der Waals surface area contributed by atoms with E-state index in [4.69, 9.17) is 16.3 Å². The summed E-state index contributed by atoms with van der Waals surface area (Å²) in [5.74, 6) is -1.16. The number of pyridine rings is 1. The molecule has 1 aromatic heterocycles. The van der Waals surface area contributed by atoms with E-state index in [0.717, 1.165) is 18.5 Å². The van der Waals surface area contributed by atoms with Gasteiger partial charge in [0.15, 0.2) is 5.54 Å². The van der Waals surface area contributed by atoms with E-state index < -0.39 is 17.4 Å². The summed E-state index contributed by atoms with van der Waals surface area (Å²) < 4.78 is 5.21. The van der Waals surface area contributed by atoms with E-state index in [2.05, 4.69) is 10.3 Å². The lowest BCUT2D eigenvalue weighted by atomic mass is 9.97. The van der Waals surface area contributed by atoms with Crippen LogP contribution in [0.15, 0.2) is 24.3 Å². The molecule has 6 nitrogen and oxygen atoms in total. The highest BCUT2D eigenvalue weighted by atomic mass is 35.5. The number of halogens is 1. The monoisotopic (exact) mass is 360 g/mol. The molecule has 1 amide bonds. The van der Waals surface area contributed by atoms with E-state index in [0.29, 0.717) is 34.0 Å². The molecule has 2 fully saturated rings. The Labute approximate surface area is 149 Å². The molecule has 4 rings (SSSR count). The molecule has 2 aliphatic rings. The number of aliphatic carboxylic acids is 1. The number of hydrogen-bond acceptors (Lipinski definition) is 4. The van der Waals surface area contributed by atoms with Crippen molar-refractivity contribution in [2.75, 3.05) is 13.2 Å². The van der Waals surface area contributed by atoms with Crippen LogP contribution in [0.3, 0.4) is 0 Å². The van der Waals surface area contributed by atoms with Crippen LogP contribution in [-0.2, 0) is 9.53 Å². The van der Waals surface area contributed by atoms with Gasteiger partial charge in [0.1, 0.15) is 0 Å². The van der Waals surface area contributed by atoms with E-state index in [1.165, 1.54) is 0 Å². The van der Waals surface area contributed by atoms with Gasteiger partial charge < -0.3 is 15.2 Å². The number of carbonyl (C=O) groups excluding carboxylic acids is 1. The smallest absolute Gasteiger partial charge is 0.331 e. The largest absolute Gasteiger partial charge is 0.479 e. The Hall–Kier alpha value is -2.18. The molecule has 1 saturated heterocycles. The Morgan fingerprint density at radius 1 is 1.32 bits per heavy atom. The Bertz CT molecular complexity index is 873. The van der Waals surface area contributed by atoms with Crippen LogP contribution >= 0.6 is 11.6 Å². The molecule has 0 radical (unpaired) electrons. The van der Waals surface area contributed by atoms with Crippen LogP contribution in [0.1, 0.15) is 41.2 Å².